The van der Waals surface area contributed by atoms with Crippen molar-refractivity contribution in [1.29, 1.82) is 0 Å². The molecule has 0 aliphatic heterocycles. The Bertz CT molecular complexity index is 557. The van der Waals surface area contributed by atoms with E-state index in [9.17, 15) is 0 Å². The van der Waals surface area contributed by atoms with E-state index in [1.807, 2.05) is 11.6 Å². The number of nitrogens with zero attached hydrogens (tertiary/aromatic N) is 4. The van der Waals surface area contributed by atoms with Crippen LogP contribution in [0.15, 0.2) is 12.5 Å². The number of nitrogens with two attached hydrogens (primary N) is 1. The molecule has 0 radical (unpaired) electrons. The monoisotopic (exact) mass is 244 g/mol. The lowest BCUT2D eigenvalue weighted by Crippen LogP contribution is -2.17. The SMILES string of the molecule is Cn1cncc1-c1nc2c(c(NN)n1)CCCC2. The van der Waals surface area contributed by atoms with Gasteiger partial charge >= 0.3 is 0 Å². The molecule has 6 nitrogen and oxygen atoms in total. The highest BCUT2D eigenvalue weighted by atomic mass is 15.3. The molecule has 0 atom stereocenters. The smallest absolute Gasteiger partial charge is 0.180 e. The van der Waals surface area contributed by atoms with Crippen molar-refractivity contribution < 1.29 is 0 Å². The van der Waals surface area contributed by atoms with Crippen molar-refractivity contribution >= 4 is 5.82 Å². The molecule has 0 bridgehead atoms. The number of aromatic nitrogens is 4. The second kappa shape index (κ2) is 4.38. The molecule has 3 rings (SSSR count). The third kappa shape index (κ3) is 1.74. The highest BCUT2D eigenvalue weighted by molar-refractivity contribution is 5.56. The van der Waals surface area contributed by atoms with E-state index < -0.39 is 0 Å². The first-order valence-corrected chi connectivity index (χ1v) is 6.12. The van der Waals surface area contributed by atoms with Gasteiger partial charge in [-0.2, -0.15) is 0 Å². The van der Waals surface area contributed by atoms with Crippen LogP contribution in [0.25, 0.3) is 11.5 Å². The number of imidazole rings is 1. The molecule has 1 aliphatic carbocycles. The second-order valence-corrected chi connectivity index (χ2v) is 4.56. The molecule has 0 spiro atoms. The Hall–Kier alpha value is -1.95. The fourth-order valence-corrected chi connectivity index (χ4v) is 2.40. The van der Waals surface area contributed by atoms with Crippen LogP contribution in [-0.2, 0) is 19.9 Å². The van der Waals surface area contributed by atoms with Crippen molar-refractivity contribution in [2.75, 3.05) is 5.43 Å². The highest BCUT2D eigenvalue weighted by Gasteiger charge is 2.18. The van der Waals surface area contributed by atoms with Gasteiger partial charge in [-0.15, -0.1) is 0 Å². The molecule has 0 saturated heterocycles. The van der Waals surface area contributed by atoms with Crippen LogP contribution in [0.5, 0.6) is 0 Å². The zero-order valence-electron chi connectivity index (χ0n) is 10.3. The standard InChI is InChI=1S/C12H16N6/c1-18-7-14-6-10(18)12-15-9-5-3-2-4-8(9)11(16-12)17-13/h6-7H,2-5,13H2,1H3,(H,15,16,17). The lowest BCUT2D eigenvalue weighted by molar-refractivity contribution is 0.664. The Morgan fingerprint density at radius 3 is 2.83 bits per heavy atom. The van der Waals surface area contributed by atoms with Gasteiger partial charge in [-0.3, -0.25) is 0 Å². The quantitative estimate of drug-likeness (QED) is 0.609. The first-order chi connectivity index (χ1) is 8.79. The molecular formula is C12H16N6. The molecule has 2 aromatic rings. The van der Waals surface area contributed by atoms with Crippen LogP contribution in [0.4, 0.5) is 5.82 Å². The number of hydrogen-bond donors (Lipinski definition) is 2. The number of aryl methyl sites for hydroxylation is 2. The minimum absolute atomic E-state index is 0.684. The van der Waals surface area contributed by atoms with E-state index in [-0.39, 0.29) is 0 Å². The minimum Gasteiger partial charge on any atom is -0.331 e. The number of nitrogen functional groups attached to an aromatic ring is 1. The number of rotatable bonds is 2. The largest absolute Gasteiger partial charge is 0.331 e. The van der Waals surface area contributed by atoms with Gasteiger partial charge in [-0.25, -0.2) is 20.8 Å². The number of fused-ring (bicyclic) bond motifs is 1. The third-order valence-corrected chi connectivity index (χ3v) is 3.37. The van der Waals surface area contributed by atoms with Crippen molar-refractivity contribution in [2.24, 2.45) is 12.9 Å². The normalized spacial score (nSPS) is 14.3. The lowest BCUT2D eigenvalue weighted by atomic mass is 9.96. The molecule has 94 valence electrons. The van der Waals surface area contributed by atoms with E-state index in [0.29, 0.717) is 5.82 Å². The van der Waals surface area contributed by atoms with Crippen molar-refractivity contribution in [3.63, 3.8) is 0 Å². The summed E-state index contributed by atoms with van der Waals surface area (Å²) >= 11 is 0. The van der Waals surface area contributed by atoms with Gasteiger partial charge in [0.05, 0.1) is 12.5 Å². The van der Waals surface area contributed by atoms with Crippen molar-refractivity contribution in [2.45, 2.75) is 25.7 Å². The van der Waals surface area contributed by atoms with Gasteiger partial charge in [-0.1, -0.05) is 0 Å². The molecule has 2 heterocycles. The maximum absolute atomic E-state index is 5.57. The van der Waals surface area contributed by atoms with Crippen molar-refractivity contribution in [3.05, 3.63) is 23.8 Å². The Kier molecular flexibility index (Phi) is 2.71. The third-order valence-electron chi connectivity index (χ3n) is 3.37. The molecule has 0 unspecified atom stereocenters. The van der Waals surface area contributed by atoms with Crippen LogP contribution in [0.1, 0.15) is 24.1 Å². The van der Waals surface area contributed by atoms with Gasteiger partial charge in [0.25, 0.3) is 0 Å². The topological polar surface area (TPSA) is 81.7 Å². The summed E-state index contributed by atoms with van der Waals surface area (Å²) in [4.78, 5) is 13.3. The maximum Gasteiger partial charge on any atom is 0.180 e. The number of anilines is 1. The summed E-state index contributed by atoms with van der Waals surface area (Å²) < 4.78 is 1.91. The van der Waals surface area contributed by atoms with Gasteiger partial charge in [0.2, 0.25) is 0 Å². The van der Waals surface area contributed by atoms with Crippen LogP contribution in [0, 0.1) is 0 Å². The molecule has 6 heteroatoms. The van der Waals surface area contributed by atoms with Crippen LogP contribution in [-0.4, -0.2) is 19.5 Å². The van der Waals surface area contributed by atoms with E-state index in [2.05, 4.69) is 20.4 Å². The van der Waals surface area contributed by atoms with E-state index in [4.69, 9.17) is 5.84 Å². The van der Waals surface area contributed by atoms with Crippen molar-refractivity contribution in [1.82, 2.24) is 19.5 Å². The summed E-state index contributed by atoms with van der Waals surface area (Å²) in [5, 5.41) is 0. The van der Waals surface area contributed by atoms with Gasteiger partial charge in [-0.05, 0) is 25.7 Å². The molecule has 0 amide bonds. The van der Waals surface area contributed by atoms with E-state index in [0.717, 1.165) is 35.6 Å². The van der Waals surface area contributed by atoms with Gasteiger partial charge in [0.15, 0.2) is 5.82 Å². The van der Waals surface area contributed by atoms with Crippen LogP contribution in [0.3, 0.4) is 0 Å². The zero-order valence-corrected chi connectivity index (χ0v) is 10.3. The van der Waals surface area contributed by atoms with Crippen LogP contribution >= 0.6 is 0 Å². The van der Waals surface area contributed by atoms with Crippen LogP contribution < -0.4 is 11.3 Å². The van der Waals surface area contributed by atoms with E-state index in [1.54, 1.807) is 12.5 Å². The molecule has 0 fully saturated rings. The average Bonchev–Trinajstić information content (AvgIpc) is 2.83. The first kappa shape index (κ1) is 11.2. The predicted octanol–water partition coefficient (Wildman–Crippen LogP) is 1.04. The van der Waals surface area contributed by atoms with Crippen LogP contribution in [0.2, 0.25) is 0 Å². The fraction of sp³-hybridized carbons (Fsp3) is 0.417. The summed E-state index contributed by atoms with van der Waals surface area (Å²) in [6.07, 6.45) is 7.87. The summed E-state index contributed by atoms with van der Waals surface area (Å²) in [7, 11) is 1.93. The molecule has 3 N–H and O–H groups in total. The minimum atomic E-state index is 0.684. The molecular weight excluding hydrogens is 228 g/mol. The zero-order chi connectivity index (χ0) is 12.5. The summed E-state index contributed by atoms with van der Waals surface area (Å²) in [6, 6.07) is 0. The molecule has 2 aromatic heterocycles. The fourth-order valence-electron chi connectivity index (χ4n) is 2.40. The Labute approximate surface area is 105 Å². The predicted molar refractivity (Wildman–Crippen MR) is 68.7 cm³/mol. The van der Waals surface area contributed by atoms with E-state index in [1.165, 1.54) is 12.8 Å². The van der Waals surface area contributed by atoms with E-state index >= 15 is 0 Å². The Morgan fingerprint density at radius 2 is 2.11 bits per heavy atom. The lowest BCUT2D eigenvalue weighted by Gasteiger charge is -2.18. The van der Waals surface area contributed by atoms with Gasteiger partial charge in [0.1, 0.15) is 11.5 Å². The summed E-state index contributed by atoms with van der Waals surface area (Å²) in [5.74, 6) is 7.00. The second-order valence-electron chi connectivity index (χ2n) is 4.56. The number of hydrazine groups is 1. The average molecular weight is 244 g/mol. The van der Waals surface area contributed by atoms with Crippen molar-refractivity contribution in [3.8, 4) is 11.5 Å². The summed E-state index contributed by atoms with van der Waals surface area (Å²) in [5.41, 5.74) is 5.87. The molecule has 0 aromatic carbocycles. The Balaban J connectivity index is 2.14. The molecule has 0 saturated carbocycles. The number of nitrogens with one attached hydrogen (secondary N) is 1. The first-order valence-electron chi connectivity index (χ1n) is 6.12. The highest BCUT2D eigenvalue weighted by Crippen LogP contribution is 2.27. The molecule has 18 heavy (non-hydrogen) atoms. The maximum atomic E-state index is 5.57. The number of hydrogen-bond acceptors (Lipinski definition) is 5. The Morgan fingerprint density at radius 1 is 1.28 bits per heavy atom. The molecule has 1 aliphatic rings. The van der Waals surface area contributed by atoms with Gasteiger partial charge in [0, 0.05) is 18.3 Å². The summed E-state index contributed by atoms with van der Waals surface area (Å²) in [6.45, 7) is 0. The van der Waals surface area contributed by atoms with Gasteiger partial charge < -0.3 is 9.99 Å².